The summed E-state index contributed by atoms with van der Waals surface area (Å²) in [5.74, 6) is -0.243. The number of nitrogens with two attached hydrogens (primary N) is 1. The number of benzene rings is 1. The summed E-state index contributed by atoms with van der Waals surface area (Å²) >= 11 is 0. The number of rotatable bonds is 8. The molecule has 0 aromatic heterocycles. The molecule has 1 aromatic carbocycles. The lowest BCUT2D eigenvalue weighted by Gasteiger charge is -2.21. The Bertz CT molecular complexity index is 361. The Balaban J connectivity index is 2.72. The molecule has 0 aliphatic heterocycles. The van der Waals surface area contributed by atoms with Crippen LogP contribution in [0.4, 0.5) is 4.39 Å². The van der Waals surface area contributed by atoms with Crippen LogP contribution < -0.4 is 5.73 Å². The van der Waals surface area contributed by atoms with E-state index in [4.69, 9.17) is 15.6 Å². The van der Waals surface area contributed by atoms with Gasteiger partial charge in [0.25, 0.3) is 0 Å². The molecule has 1 aromatic rings. The second kappa shape index (κ2) is 8.16. The monoisotopic (exact) mass is 256 g/mol. The third-order valence-electron chi connectivity index (χ3n) is 2.77. The molecule has 0 aliphatic rings. The summed E-state index contributed by atoms with van der Waals surface area (Å²) in [5.41, 5.74) is 7.05. The SMILES string of the molecule is COCCN(CCO)Cc1cc(CN)ccc1F. The molecule has 4 nitrogen and oxygen atoms in total. The first-order valence-electron chi connectivity index (χ1n) is 6.00. The normalized spacial score (nSPS) is 11.2. The standard InChI is InChI=1S/C13H21FN2O2/c1-18-7-5-16(4-6-17)10-12-8-11(9-15)2-3-13(12)14/h2-3,8,17H,4-7,9-10,15H2,1H3. The third kappa shape index (κ3) is 4.70. The summed E-state index contributed by atoms with van der Waals surface area (Å²) in [6.07, 6.45) is 0. The second-order valence-electron chi connectivity index (χ2n) is 4.12. The van der Waals surface area contributed by atoms with Gasteiger partial charge in [-0.25, -0.2) is 4.39 Å². The van der Waals surface area contributed by atoms with Crippen molar-refractivity contribution in [2.45, 2.75) is 13.1 Å². The largest absolute Gasteiger partial charge is 0.395 e. The van der Waals surface area contributed by atoms with Gasteiger partial charge in [-0.15, -0.1) is 0 Å². The molecular weight excluding hydrogens is 235 g/mol. The van der Waals surface area contributed by atoms with Gasteiger partial charge in [-0.05, 0) is 11.6 Å². The van der Waals surface area contributed by atoms with Crippen molar-refractivity contribution in [2.75, 3.05) is 33.4 Å². The van der Waals surface area contributed by atoms with Crippen molar-refractivity contribution < 1.29 is 14.2 Å². The molecule has 0 saturated carbocycles. The molecule has 18 heavy (non-hydrogen) atoms. The molecule has 0 unspecified atom stereocenters. The van der Waals surface area contributed by atoms with E-state index in [1.165, 1.54) is 6.07 Å². The average Bonchev–Trinajstić information content (AvgIpc) is 2.38. The van der Waals surface area contributed by atoms with E-state index in [0.717, 1.165) is 5.56 Å². The second-order valence-corrected chi connectivity index (χ2v) is 4.12. The van der Waals surface area contributed by atoms with Crippen LogP contribution in [0.15, 0.2) is 18.2 Å². The Morgan fingerprint density at radius 3 is 2.78 bits per heavy atom. The predicted molar refractivity (Wildman–Crippen MR) is 68.5 cm³/mol. The van der Waals surface area contributed by atoms with Gasteiger partial charge in [0.05, 0.1) is 13.2 Å². The molecule has 5 heteroatoms. The van der Waals surface area contributed by atoms with Crippen LogP contribution in [-0.4, -0.2) is 43.4 Å². The molecule has 102 valence electrons. The number of nitrogens with zero attached hydrogens (tertiary/aromatic N) is 1. The van der Waals surface area contributed by atoms with Crippen molar-refractivity contribution in [1.82, 2.24) is 4.90 Å². The number of aliphatic hydroxyl groups excluding tert-OH is 1. The van der Waals surface area contributed by atoms with E-state index < -0.39 is 0 Å². The summed E-state index contributed by atoms with van der Waals surface area (Å²) in [6, 6.07) is 4.89. The fourth-order valence-corrected chi connectivity index (χ4v) is 1.75. The molecule has 3 N–H and O–H groups in total. The van der Waals surface area contributed by atoms with Crippen molar-refractivity contribution in [3.05, 3.63) is 35.1 Å². The van der Waals surface area contributed by atoms with Gasteiger partial charge in [-0.2, -0.15) is 0 Å². The Labute approximate surface area is 107 Å². The summed E-state index contributed by atoms with van der Waals surface area (Å²) in [6.45, 7) is 2.59. The molecule has 0 aliphatic carbocycles. The molecule has 0 atom stereocenters. The summed E-state index contributed by atoms with van der Waals surface area (Å²) in [4.78, 5) is 1.95. The molecule has 1 rings (SSSR count). The van der Waals surface area contributed by atoms with Crippen molar-refractivity contribution >= 4 is 0 Å². The Morgan fingerprint density at radius 2 is 2.17 bits per heavy atom. The third-order valence-corrected chi connectivity index (χ3v) is 2.77. The number of hydrogen-bond acceptors (Lipinski definition) is 4. The molecule has 0 amide bonds. The van der Waals surface area contributed by atoms with Crippen molar-refractivity contribution in [3.8, 4) is 0 Å². The quantitative estimate of drug-likeness (QED) is 0.720. The zero-order chi connectivity index (χ0) is 13.4. The Morgan fingerprint density at radius 1 is 1.39 bits per heavy atom. The molecule has 0 fully saturated rings. The van der Waals surface area contributed by atoms with Crippen LogP contribution in [0.5, 0.6) is 0 Å². The Kier molecular flexibility index (Phi) is 6.82. The summed E-state index contributed by atoms with van der Waals surface area (Å²) in [7, 11) is 1.62. The van der Waals surface area contributed by atoms with Gasteiger partial charge in [0.15, 0.2) is 0 Å². The first-order chi connectivity index (χ1) is 8.71. The van der Waals surface area contributed by atoms with Crippen molar-refractivity contribution in [1.29, 1.82) is 0 Å². The van der Waals surface area contributed by atoms with Crippen LogP contribution in [0.1, 0.15) is 11.1 Å². The van der Waals surface area contributed by atoms with Crippen LogP contribution in [0.2, 0.25) is 0 Å². The Hall–Kier alpha value is -1.01. The maximum atomic E-state index is 13.7. The minimum atomic E-state index is -0.243. The van der Waals surface area contributed by atoms with E-state index in [1.54, 1.807) is 19.2 Å². The van der Waals surface area contributed by atoms with Crippen LogP contribution in [0.3, 0.4) is 0 Å². The van der Waals surface area contributed by atoms with Crippen molar-refractivity contribution in [2.24, 2.45) is 5.73 Å². The topological polar surface area (TPSA) is 58.7 Å². The van der Waals surface area contributed by atoms with E-state index in [2.05, 4.69) is 0 Å². The number of hydrogen-bond donors (Lipinski definition) is 2. The van der Waals surface area contributed by atoms with Gasteiger partial charge in [0.2, 0.25) is 0 Å². The number of methoxy groups -OCH3 is 1. The summed E-state index contributed by atoms with van der Waals surface area (Å²) < 4.78 is 18.7. The van der Waals surface area contributed by atoms with Crippen molar-refractivity contribution in [3.63, 3.8) is 0 Å². The minimum absolute atomic E-state index is 0.0436. The minimum Gasteiger partial charge on any atom is -0.395 e. The van der Waals surface area contributed by atoms with E-state index in [0.29, 0.717) is 38.3 Å². The number of ether oxygens (including phenoxy) is 1. The fraction of sp³-hybridized carbons (Fsp3) is 0.538. The highest BCUT2D eigenvalue weighted by Gasteiger charge is 2.09. The van der Waals surface area contributed by atoms with E-state index in [1.807, 2.05) is 4.90 Å². The molecular formula is C13H21FN2O2. The van der Waals surface area contributed by atoms with Crippen LogP contribution >= 0.6 is 0 Å². The maximum Gasteiger partial charge on any atom is 0.127 e. The predicted octanol–water partition coefficient (Wildman–Crippen LogP) is 0.725. The van der Waals surface area contributed by atoms with E-state index >= 15 is 0 Å². The van der Waals surface area contributed by atoms with Gasteiger partial charge in [-0.1, -0.05) is 12.1 Å². The van der Waals surface area contributed by atoms with E-state index in [-0.39, 0.29) is 12.4 Å². The molecule has 0 heterocycles. The van der Waals surface area contributed by atoms with E-state index in [9.17, 15) is 4.39 Å². The molecule has 0 saturated heterocycles. The zero-order valence-corrected chi connectivity index (χ0v) is 10.7. The lowest BCUT2D eigenvalue weighted by atomic mass is 10.1. The van der Waals surface area contributed by atoms with Gasteiger partial charge >= 0.3 is 0 Å². The first kappa shape index (κ1) is 15.0. The maximum absolute atomic E-state index is 13.7. The highest BCUT2D eigenvalue weighted by molar-refractivity contribution is 5.25. The lowest BCUT2D eigenvalue weighted by molar-refractivity contribution is 0.126. The van der Waals surface area contributed by atoms with Crippen LogP contribution in [-0.2, 0) is 17.8 Å². The fourth-order valence-electron chi connectivity index (χ4n) is 1.75. The molecule has 0 spiro atoms. The average molecular weight is 256 g/mol. The summed E-state index contributed by atoms with van der Waals surface area (Å²) in [5, 5.41) is 8.99. The van der Waals surface area contributed by atoms with Gasteiger partial charge in [0.1, 0.15) is 5.82 Å². The smallest absolute Gasteiger partial charge is 0.127 e. The van der Waals surface area contributed by atoms with Gasteiger partial charge < -0.3 is 15.6 Å². The zero-order valence-electron chi connectivity index (χ0n) is 10.7. The highest BCUT2D eigenvalue weighted by Crippen LogP contribution is 2.13. The molecule has 0 bridgehead atoms. The highest BCUT2D eigenvalue weighted by atomic mass is 19.1. The number of aliphatic hydroxyl groups is 1. The first-order valence-corrected chi connectivity index (χ1v) is 6.00. The van der Waals surface area contributed by atoms with Crippen LogP contribution in [0, 0.1) is 5.82 Å². The lowest BCUT2D eigenvalue weighted by Crippen LogP contribution is -2.30. The van der Waals surface area contributed by atoms with Gasteiger partial charge in [-0.3, -0.25) is 4.90 Å². The molecule has 0 radical (unpaired) electrons. The van der Waals surface area contributed by atoms with Gasteiger partial charge in [0, 0.05) is 38.9 Å². The van der Waals surface area contributed by atoms with Crippen LogP contribution in [0.25, 0.3) is 0 Å². The number of halogens is 1.